The minimum absolute atomic E-state index is 0.0399. The molecule has 0 aliphatic rings. The van der Waals surface area contributed by atoms with Crippen molar-refractivity contribution in [3.05, 3.63) is 58.1 Å². The molecule has 0 aliphatic heterocycles. The van der Waals surface area contributed by atoms with Gasteiger partial charge in [-0.15, -0.1) is 10.2 Å². The van der Waals surface area contributed by atoms with E-state index in [9.17, 15) is 4.79 Å². The molecule has 0 bridgehead atoms. The van der Waals surface area contributed by atoms with Crippen LogP contribution in [0.5, 0.6) is 5.75 Å². The van der Waals surface area contributed by atoms with Gasteiger partial charge in [0.25, 0.3) is 5.22 Å². The van der Waals surface area contributed by atoms with Crippen molar-refractivity contribution in [2.75, 3.05) is 12.9 Å². The van der Waals surface area contributed by atoms with Gasteiger partial charge in [0.05, 0.1) is 22.9 Å². The second kappa shape index (κ2) is 7.91. The van der Waals surface area contributed by atoms with Crippen LogP contribution in [-0.4, -0.2) is 28.8 Å². The topological polar surface area (TPSA) is 65.2 Å². The van der Waals surface area contributed by atoms with E-state index in [1.54, 1.807) is 49.6 Å². The van der Waals surface area contributed by atoms with Gasteiger partial charge in [-0.1, -0.05) is 35.0 Å². The fourth-order valence-electron chi connectivity index (χ4n) is 2.00. The Morgan fingerprint density at radius 2 is 1.88 bits per heavy atom. The van der Waals surface area contributed by atoms with Crippen molar-refractivity contribution in [2.24, 2.45) is 0 Å². The molecule has 25 heavy (non-hydrogen) atoms. The van der Waals surface area contributed by atoms with Gasteiger partial charge in [-0.05, 0) is 42.5 Å². The van der Waals surface area contributed by atoms with Gasteiger partial charge >= 0.3 is 0 Å². The molecule has 0 fully saturated rings. The summed E-state index contributed by atoms with van der Waals surface area (Å²) in [4.78, 5) is 12.2. The Labute approximate surface area is 158 Å². The number of rotatable bonds is 6. The van der Waals surface area contributed by atoms with Crippen LogP contribution < -0.4 is 4.74 Å². The van der Waals surface area contributed by atoms with Gasteiger partial charge in [-0.2, -0.15) is 0 Å². The lowest BCUT2D eigenvalue weighted by Gasteiger charge is -2.01. The highest BCUT2D eigenvalue weighted by molar-refractivity contribution is 7.99. The van der Waals surface area contributed by atoms with Gasteiger partial charge in [0.1, 0.15) is 5.75 Å². The molecule has 3 rings (SSSR count). The molecule has 0 unspecified atom stereocenters. The Hall–Kier alpha value is -2.02. The first-order chi connectivity index (χ1) is 12.1. The molecule has 5 nitrogen and oxygen atoms in total. The van der Waals surface area contributed by atoms with Gasteiger partial charge in [-0.25, -0.2) is 0 Å². The predicted molar refractivity (Wildman–Crippen MR) is 97.8 cm³/mol. The minimum atomic E-state index is -0.0399. The lowest BCUT2D eigenvalue weighted by atomic mass is 10.1. The lowest BCUT2D eigenvalue weighted by molar-refractivity contribution is 0.102. The molecule has 1 aromatic heterocycles. The quantitative estimate of drug-likeness (QED) is 0.431. The molecule has 1 heterocycles. The number of nitrogens with zero attached hydrogens (tertiary/aromatic N) is 2. The van der Waals surface area contributed by atoms with E-state index in [1.165, 1.54) is 11.8 Å². The third-order valence-corrected chi connectivity index (χ3v) is 4.87. The molecule has 0 N–H and O–H groups in total. The average Bonchev–Trinajstić information content (AvgIpc) is 3.11. The average molecular weight is 395 g/mol. The highest BCUT2D eigenvalue weighted by Crippen LogP contribution is 2.29. The minimum Gasteiger partial charge on any atom is -0.497 e. The number of benzene rings is 2. The van der Waals surface area contributed by atoms with Gasteiger partial charge in [-0.3, -0.25) is 4.79 Å². The zero-order chi connectivity index (χ0) is 17.8. The van der Waals surface area contributed by atoms with Crippen molar-refractivity contribution in [2.45, 2.75) is 5.22 Å². The molecule has 3 aromatic rings. The van der Waals surface area contributed by atoms with E-state index in [0.29, 0.717) is 38.0 Å². The van der Waals surface area contributed by atoms with Crippen LogP contribution in [0.2, 0.25) is 10.0 Å². The molecular weight excluding hydrogens is 383 g/mol. The van der Waals surface area contributed by atoms with Crippen molar-refractivity contribution in [1.29, 1.82) is 0 Å². The second-order valence-corrected chi connectivity index (χ2v) is 6.68. The van der Waals surface area contributed by atoms with Crippen LogP contribution in [0.15, 0.2) is 52.1 Å². The number of hydrogen-bond donors (Lipinski definition) is 0. The van der Waals surface area contributed by atoms with E-state index in [-0.39, 0.29) is 11.5 Å². The molecule has 0 spiro atoms. The molecular formula is C17H12Cl2N2O3S. The standard InChI is InChI=1S/C17H12Cl2N2O3S/c1-23-12-5-2-10(3-6-12)15(22)9-25-17-21-20-16(24-17)11-4-7-13(18)14(19)8-11/h2-8H,9H2,1H3. The zero-order valence-electron chi connectivity index (χ0n) is 13.0. The monoisotopic (exact) mass is 394 g/mol. The summed E-state index contributed by atoms with van der Waals surface area (Å²) in [5.41, 5.74) is 1.26. The Kier molecular flexibility index (Phi) is 5.63. The molecule has 2 aromatic carbocycles. The molecule has 0 radical (unpaired) electrons. The largest absolute Gasteiger partial charge is 0.497 e. The van der Waals surface area contributed by atoms with Crippen molar-refractivity contribution in [3.8, 4) is 17.2 Å². The Bertz CT molecular complexity index is 897. The number of aromatic nitrogens is 2. The van der Waals surface area contributed by atoms with Crippen LogP contribution in [-0.2, 0) is 0 Å². The molecule has 8 heteroatoms. The van der Waals surface area contributed by atoms with Crippen molar-refractivity contribution in [1.82, 2.24) is 10.2 Å². The maximum atomic E-state index is 12.2. The van der Waals surface area contributed by atoms with Crippen LogP contribution in [0.1, 0.15) is 10.4 Å². The Morgan fingerprint density at radius 1 is 1.12 bits per heavy atom. The number of methoxy groups -OCH3 is 1. The fourth-order valence-corrected chi connectivity index (χ4v) is 2.96. The number of ether oxygens (including phenoxy) is 1. The number of carbonyl (C=O) groups is 1. The predicted octanol–water partition coefficient (Wildman–Crippen LogP) is 5.03. The van der Waals surface area contributed by atoms with Gasteiger partial charge < -0.3 is 9.15 Å². The normalized spacial score (nSPS) is 10.7. The highest BCUT2D eigenvalue weighted by atomic mass is 35.5. The Balaban J connectivity index is 1.64. The third kappa shape index (κ3) is 4.34. The maximum Gasteiger partial charge on any atom is 0.277 e. The second-order valence-electron chi connectivity index (χ2n) is 4.94. The number of Topliss-reactive ketones (excluding diaryl/α,β-unsaturated/α-hetero) is 1. The van der Waals surface area contributed by atoms with E-state index >= 15 is 0 Å². The van der Waals surface area contributed by atoms with Crippen molar-refractivity contribution < 1.29 is 13.9 Å². The van der Waals surface area contributed by atoms with Crippen LogP contribution in [0.25, 0.3) is 11.5 Å². The number of ketones is 1. The number of carbonyl (C=O) groups excluding carboxylic acids is 1. The van der Waals surface area contributed by atoms with E-state index in [0.717, 1.165) is 0 Å². The summed E-state index contributed by atoms with van der Waals surface area (Å²) in [6, 6.07) is 12.0. The summed E-state index contributed by atoms with van der Waals surface area (Å²) in [6.07, 6.45) is 0. The van der Waals surface area contributed by atoms with Crippen LogP contribution >= 0.6 is 35.0 Å². The van der Waals surface area contributed by atoms with Crippen LogP contribution in [0.4, 0.5) is 0 Å². The highest BCUT2D eigenvalue weighted by Gasteiger charge is 2.13. The number of hydrogen-bond acceptors (Lipinski definition) is 6. The summed E-state index contributed by atoms with van der Waals surface area (Å²) < 4.78 is 10.6. The van der Waals surface area contributed by atoms with E-state index in [2.05, 4.69) is 10.2 Å². The fraction of sp³-hybridized carbons (Fsp3) is 0.118. The van der Waals surface area contributed by atoms with Gasteiger partial charge in [0, 0.05) is 11.1 Å². The third-order valence-electron chi connectivity index (χ3n) is 3.31. The van der Waals surface area contributed by atoms with Crippen molar-refractivity contribution >= 4 is 40.7 Å². The van der Waals surface area contributed by atoms with Crippen LogP contribution in [0, 0.1) is 0 Å². The molecule has 128 valence electrons. The SMILES string of the molecule is COc1ccc(C(=O)CSc2nnc(-c3ccc(Cl)c(Cl)c3)o2)cc1. The molecule has 0 saturated heterocycles. The molecule has 0 aliphatic carbocycles. The van der Waals surface area contributed by atoms with E-state index in [1.807, 2.05) is 0 Å². The lowest BCUT2D eigenvalue weighted by Crippen LogP contribution is -2.02. The Morgan fingerprint density at radius 3 is 2.56 bits per heavy atom. The summed E-state index contributed by atoms with van der Waals surface area (Å²) in [6.45, 7) is 0. The first-order valence-electron chi connectivity index (χ1n) is 7.16. The number of thioether (sulfide) groups is 1. The smallest absolute Gasteiger partial charge is 0.277 e. The van der Waals surface area contributed by atoms with Gasteiger partial charge in [0.2, 0.25) is 5.89 Å². The van der Waals surface area contributed by atoms with E-state index in [4.69, 9.17) is 32.4 Å². The first-order valence-corrected chi connectivity index (χ1v) is 8.90. The summed E-state index contributed by atoms with van der Waals surface area (Å²) >= 11 is 13.0. The first kappa shape index (κ1) is 17.8. The summed E-state index contributed by atoms with van der Waals surface area (Å²) in [7, 11) is 1.58. The molecule has 0 atom stereocenters. The van der Waals surface area contributed by atoms with Gasteiger partial charge in [0.15, 0.2) is 5.78 Å². The summed E-state index contributed by atoms with van der Waals surface area (Å²) in [5, 5.41) is 9.06. The maximum absolute atomic E-state index is 12.2. The molecule has 0 amide bonds. The van der Waals surface area contributed by atoms with E-state index < -0.39 is 0 Å². The van der Waals surface area contributed by atoms with Crippen LogP contribution in [0.3, 0.4) is 0 Å². The number of halogens is 2. The molecule has 0 saturated carbocycles. The summed E-state index contributed by atoms with van der Waals surface area (Å²) in [5.74, 6) is 1.17. The zero-order valence-corrected chi connectivity index (χ0v) is 15.4. The van der Waals surface area contributed by atoms with Crippen molar-refractivity contribution in [3.63, 3.8) is 0 Å².